The largest absolute Gasteiger partial charge is 0.530 e. The van der Waals surface area contributed by atoms with Gasteiger partial charge in [0.2, 0.25) is 5.88 Å². The molecule has 8 nitrogen and oxygen atoms in total. The summed E-state index contributed by atoms with van der Waals surface area (Å²) >= 11 is 5.97. The number of nitrogens with one attached hydrogen (secondary N) is 1. The molecule has 3 heterocycles. The van der Waals surface area contributed by atoms with E-state index in [0.29, 0.717) is 11.1 Å². The zero-order valence-corrected chi connectivity index (χ0v) is 15.5. The van der Waals surface area contributed by atoms with E-state index >= 15 is 0 Å². The Morgan fingerprint density at radius 3 is 2.79 bits per heavy atom. The summed E-state index contributed by atoms with van der Waals surface area (Å²) in [5.41, 5.74) is 1.12. The molecule has 0 aromatic carbocycles. The van der Waals surface area contributed by atoms with E-state index in [0.717, 1.165) is 0 Å². The van der Waals surface area contributed by atoms with Crippen molar-refractivity contribution >= 4 is 29.4 Å². The van der Waals surface area contributed by atoms with Gasteiger partial charge in [-0.25, -0.2) is 9.97 Å². The van der Waals surface area contributed by atoms with Crippen LogP contribution in [0, 0.1) is 0 Å². The molecule has 1 atom stereocenters. The van der Waals surface area contributed by atoms with E-state index in [9.17, 15) is 27.9 Å². The fraction of sp³-hybridized carbons (Fsp3) is 0.294. The Morgan fingerprint density at radius 2 is 2.17 bits per heavy atom. The summed E-state index contributed by atoms with van der Waals surface area (Å²) in [4.78, 5) is 32.7. The Bertz CT molecular complexity index is 970. The minimum atomic E-state index is -4.53. The molecule has 1 unspecified atom stereocenters. The lowest BCUT2D eigenvalue weighted by Crippen LogP contribution is -2.30. The average molecular weight is 430 g/mol. The van der Waals surface area contributed by atoms with E-state index < -0.39 is 24.9 Å². The zero-order chi connectivity index (χ0) is 21.3. The number of rotatable bonds is 5. The molecule has 3 rings (SSSR count). The Hall–Kier alpha value is -3.08. The molecule has 2 aromatic rings. The van der Waals surface area contributed by atoms with Gasteiger partial charge in [-0.05, 0) is 24.6 Å². The normalized spacial score (nSPS) is 14.5. The van der Waals surface area contributed by atoms with Crippen molar-refractivity contribution in [1.82, 2.24) is 14.9 Å². The standard InChI is InChI=1S/C17H14ClF3N4O4/c1-8(9-4-12(18)14(23-5-9)29-7-17(19,20)21)25-6-11-10(15(25)26)2-3-22-13(11)24-16(27)28/h2-5,8H,6-7H2,1H3,(H,22,24)(H,27,28)/p-1. The van der Waals surface area contributed by atoms with E-state index in [1.165, 1.54) is 29.4 Å². The maximum Gasteiger partial charge on any atom is 0.422 e. The molecule has 29 heavy (non-hydrogen) atoms. The number of fused-ring (bicyclic) bond motifs is 1. The minimum Gasteiger partial charge on any atom is -0.530 e. The number of pyridine rings is 2. The molecule has 1 aliphatic heterocycles. The Labute approximate surface area is 167 Å². The summed E-state index contributed by atoms with van der Waals surface area (Å²) in [6, 6.07) is 2.26. The summed E-state index contributed by atoms with van der Waals surface area (Å²) in [5, 5.41) is 12.7. The lowest BCUT2D eigenvalue weighted by atomic mass is 10.1. The summed E-state index contributed by atoms with van der Waals surface area (Å²) in [6.07, 6.45) is -3.54. The Kier molecular flexibility index (Phi) is 5.51. The van der Waals surface area contributed by atoms with Gasteiger partial charge in [0.05, 0.1) is 12.6 Å². The number of alkyl halides is 3. The molecular formula is C17H13ClF3N4O4-. The number of nitrogens with zero attached hydrogens (tertiary/aromatic N) is 3. The fourth-order valence-electron chi connectivity index (χ4n) is 2.87. The smallest absolute Gasteiger partial charge is 0.422 e. The van der Waals surface area contributed by atoms with Crippen molar-refractivity contribution in [3.05, 3.63) is 46.2 Å². The van der Waals surface area contributed by atoms with Crippen molar-refractivity contribution in [3.63, 3.8) is 0 Å². The first-order chi connectivity index (χ1) is 13.6. The SMILES string of the molecule is CC(c1cnc(OCC(F)(F)F)c(Cl)c1)N1Cc2c(ccnc2NC(=O)[O-])C1=O. The number of carbonyl (C=O) groups excluding carboxylic acids is 2. The second-order valence-electron chi connectivity index (χ2n) is 6.17. The van der Waals surface area contributed by atoms with Crippen LogP contribution in [-0.2, 0) is 6.54 Å². The predicted molar refractivity (Wildman–Crippen MR) is 92.3 cm³/mol. The summed E-state index contributed by atoms with van der Waals surface area (Å²) < 4.78 is 41.4. The highest BCUT2D eigenvalue weighted by atomic mass is 35.5. The maximum atomic E-state index is 12.7. The third kappa shape index (κ3) is 4.50. The molecule has 0 aliphatic carbocycles. The van der Waals surface area contributed by atoms with Gasteiger partial charge < -0.3 is 24.9 Å². The predicted octanol–water partition coefficient (Wildman–Crippen LogP) is 2.54. The van der Waals surface area contributed by atoms with Crippen LogP contribution < -0.4 is 15.2 Å². The highest BCUT2D eigenvalue weighted by Gasteiger charge is 2.34. The number of hydrogen-bond acceptors (Lipinski definition) is 6. The van der Waals surface area contributed by atoms with Gasteiger partial charge in [-0.15, -0.1) is 0 Å². The summed E-state index contributed by atoms with van der Waals surface area (Å²) in [5.74, 6) is -0.747. The second-order valence-corrected chi connectivity index (χ2v) is 6.57. The van der Waals surface area contributed by atoms with Gasteiger partial charge in [-0.2, -0.15) is 13.2 Å². The molecule has 0 radical (unpaired) electrons. The van der Waals surface area contributed by atoms with Crippen LogP contribution in [0.25, 0.3) is 0 Å². The third-order valence-corrected chi connectivity index (χ3v) is 4.52. The summed E-state index contributed by atoms with van der Waals surface area (Å²) in [6.45, 7) is 0.200. The molecule has 0 saturated carbocycles. The lowest BCUT2D eigenvalue weighted by molar-refractivity contribution is -0.242. The van der Waals surface area contributed by atoms with Crippen molar-refractivity contribution < 1.29 is 32.6 Å². The van der Waals surface area contributed by atoms with Crippen LogP contribution in [0.15, 0.2) is 24.5 Å². The Morgan fingerprint density at radius 1 is 1.45 bits per heavy atom. The van der Waals surface area contributed by atoms with Crippen molar-refractivity contribution in [1.29, 1.82) is 0 Å². The highest BCUT2D eigenvalue weighted by molar-refractivity contribution is 6.31. The third-order valence-electron chi connectivity index (χ3n) is 4.25. The number of anilines is 1. The van der Waals surface area contributed by atoms with Crippen molar-refractivity contribution in [2.45, 2.75) is 25.7 Å². The minimum absolute atomic E-state index is 0.00222. The van der Waals surface area contributed by atoms with Crippen LogP contribution in [0.4, 0.5) is 23.8 Å². The molecule has 0 spiro atoms. The van der Waals surface area contributed by atoms with Crippen LogP contribution in [0.2, 0.25) is 5.02 Å². The molecule has 0 saturated heterocycles. The van der Waals surface area contributed by atoms with Crippen molar-refractivity contribution in [2.75, 3.05) is 11.9 Å². The molecule has 2 aromatic heterocycles. The monoisotopic (exact) mass is 429 g/mol. The number of halogens is 4. The van der Waals surface area contributed by atoms with Crippen LogP contribution in [0.5, 0.6) is 5.88 Å². The van der Waals surface area contributed by atoms with E-state index in [4.69, 9.17) is 11.6 Å². The van der Waals surface area contributed by atoms with Gasteiger partial charge in [0.1, 0.15) is 16.9 Å². The first-order valence-corrected chi connectivity index (χ1v) is 8.56. The van der Waals surface area contributed by atoms with Crippen molar-refractivity contribution in [2.24, 2.45) is 0 Å². The molecule has 2 amide bonds. The maximum absolute atomic E-state index is 12.7. The van der Waals surface area contributed by atoms with Gasteiger partial charge in [0.25, 0.3) is 5.91 Å². The van der Waals surface area contributed by atoms with Crippen LogP contribution in [0.1, 0.15) is 34.5 Å². The number of carboxylic acid groups (broad SMARTS) is 1. The van der Waals surface area contributed by atoms with Crippen molar-refractivity contribution in [3.8, 4) is 5.88 Å². The van der Waals surface area contributed by atoms with Gasteiger partial charge >= 0.3 is 6.18 Å². The van der Waals surface area contributed by atoms with Crippen LogP contribution in [0.3, 0.4) is 0 Å². The van der Waals surface area contributed by atoms with Crippen LogP contribution >= 0.6 is 11.6 Å². The second kappa shape index (κ2) is 7.74. The number of carbonyl (C=O) groups is 2. The van der Waals surface area contributed by atoms with E-state index in [1.807, 2.05) is 5.32 Å². The molecular weight excluding hydrogens is 417 g/mol. The quantitative estimate of drug-likeness (QED) is 0.782. The van der Waals surface area contributed by atoms with Gasteiger partial charge in [-0.3, -0.25) is 4.79 Å². The molecule has 12 heteroatoms. The van der Waals surface area contributed by atoms with Gasteiger partial charge in [0, 0.05) is 23.5 Å². The van der Waals surface area contributed by atoms with E-state index in [2.05, 4.69) is 14.7 Å². The number of amides is 2. The first kappa shape index (κ1) is 20.6. The average Bonchev–Trinajstić information content (AvgIpc) is 2.97. The number of hydrogen-bond donors (Lipinski definition) is 1. The number of aromatic nitrogens is 2. The number of ether oxygens (including phenoxy) is 1. The lowest BCUT2D eigenvalue weighted by Gasteiger charge is -2.25. The highest BCUT2D eigenvalue weighted by Crippen LogP contribution is 2.35. The molecule has 0 fully saturated rings. The topological polar surface area (TPSA) is 107 Å². The molecule has 154 valence electrons. The van der Waals surface area contributed by atoms with Gasteiger partial charge in [-0.1, -0.05) is 11.6 Å². The molecule has 0 bridgehead atoms. The summed E-state index contributed by atoms with van der Waals surface area (Å²) in [7, 11) is 0. The fourth-order valence-corrected chi connectivity index (χ4v) is 3.10. The van der Waals surface area contributed by atoms with Gasteiger partial charge in [0.15, 0.2) is 6.61 Å². The van der Waals surface area contributed by atoms with E-state index in [1.54, 1.807) is 6.92 Å². The zero-order valence-electron chi connectivity index (χ0n) is 14.8. The van der Waals surface area contributed by atoms with E-state index in [-0.39, 0.29) is 34.7 Å². The van der Waals surface area contributed by atoms with Crippen LogP contribution in [-0.4, -0.2) is 39.7 Å². The molecule has 1 aliphatic rings. The molecule has 1 N–H and O–H groups in total. The first-order valence-electron chi connectivity index (χ1n) is 8.18. The Balaban J connectivity index is 1.80.